The molecule has 0 bridgehead atoms. The van der Waals surface area contributed by atoms with Gasteiger partial charge in [0.25, 0.3) is 0 Å². The summed E-state index contributed by atoms with van der Waals surface area (Å²) in [4.78, 5) is 17.7. The number of aromatic nitrogens is 1. The van der Waals surface area contributed by atoms with Crippen molar-refractivity contribution < 1.29 is 14.3 Å². The van der Waals surface area contributed by atoms with Gasteiger partial charge in [-0.3, -0.25) is 9.78 Å². The van der Waals surface area contributed by atoms with Gasteiger partial charge in [0.15, 0.2) is 11.5 Å². The van der Waals surface area contributed by atoms with Crippen molar-refractivity contribution in [1.82, 2.24) is 4.98 Å². The van der Waals surface area contributed by atoms with Gasteiger partial charge >= 0.3 is 0 Å². The number of hydrogen-bond acceptors (Lipinski definition) is 5. The molecule has 0 spiro atoms. The van der Waals surface area contributed by atoms with Crippen molar-refractivity contribution in [3.8, 4) is 11.5 Å². The molecule has 0 atom stereocenters. The minimum atomic E-state index is -0.0775. The number of ether oxygens (including phenoxy) is 2. The first-order chi connectivity index (χ1) is 11.1. The molecule has 2 aromatic heterocycles. The van der Waals surface area contributed by atoms with Gasteiger partial charge in [-0.2, -0.15) is 0 Å². The van der Waals surface area contributed by atoms with Gasteiger partial charge in [-0.15, -0.1) is 11.3 Å². The van der Waals surface area contributed by atoms with Crippen LogP contribution in [0.1, 0.15) is 29.2 Å². The smallest absolute Gasteiger partial charge is 0.221 e. The quantitative estimate of drug-likeness (QED) is 0.655. The highest BCUT2D eigenvalue weighted by atomic mass is 32.1. The standard InChI is InChI=1S/C18H17NO3S/c1-11(2)22-15-10-13-12(9-14(15)21-3)6-7-19-17(13)18(20)16-5-4-8-23-16/h4-11H,1-3H3. The molecule has 0 fully saturated rings. The SMILES string of the molecule is COc1cc2ccnc(C(=O)c3cccs3)c2cc1OC(C)C. The summed E-state index contributed by atoms with van der Waals surface area (Å²) in [5, 5.41) is 3.55. The number of thiophene rings is 1. The highest BCUT2D eigenvalue weighted by molar-refractivity contribution is 7.12. The van der Waals surface area contributed by atoms with Crippen LogP contribution in [0.3, 0.4) is 0 Å². The summed E-state index contributed by atoms with van der Waals surface area (Å²) in [7, 11) is 1.60. The summed E-state index contributed by atoms with van der Waals surface area (Å²) in [5.74, 6) is 1.18. The number of rotatable bonds is 5. The van der Waals surface area contributed by atoms with Gasteiger partial charge in [0, 0.05) is 11.6 Å². The van der Waals surface area contributed by atoms with E-state index in [0.29, 0.717) is 22.1 Å². The molecular formula is C18H17NO3S. The van der Waals surface area contributed by atoms with Crippen molar-refractivity contribution in [2.75, 3.05) is 7.11 Å². The lowest BCUT2D eigenvalue weighted by Gasteiger charge is -2.15. The number of benzene rings is 1. The largest absolute Gasteiger partial charge is 0.493 e. The zero-order chi connectivity index (χ0) is 16.4. The van der Waals surface area contributed by atoms with E-state index in [2.05, 4.69) is 4.98 Å². The van der Waals surface area contributed by atoms with Crippen molar-refractivity contribution in [3.05, 3.63) is 52.5 Å². The van der Waals surface area contributed by atoms with E-state index in [1.54, 1.807) is 13.3 Å². The van der Waals surface area contributed by atoms with Crippen molar-refractivity contribution >= 4 is 27.9 Å². The molecule has 118 valence electrons. The molecule has 0 amide bonds. The van der Waals surface area contributed by atoms with Gasteiger partial charge in [-0.25, -0.2) is 0 Å². The van der Waals surface area contributed by atoms with Crippen LogP contribution in [0.4, 0.5) is 0 Å². The van der Waals surface area contributed by atoms with E-state index in [1.807, 2.05) is 49.6 Å². The molecular weight excluding hydrogens is 310 g/mol. The summed E-state index contributed by atoms with van der Waals surface area (Å²) in [6, 6.07) is 9.24. The minimum Gasteiger partial charge on any atom is -0.493 e. The second kappa shape index (κ2) is 6.38. The summed E-state index contributed by atoms with van der Waals surface area (Å²) < 4.78 is 11.2. The topological polar surface area (TPSA) is 48.4 Å². The lowest BCUT2D eigenvalue weighted by molar-refractivity contribution is 0.103. The number of methoxy groups -OCH3 is 1. The Kier molecular flexibility index (Phi) is 4.30. The maximum atomic E-state index is 12.7. The molecule has 0 unspecified atom stereocenters. The number of hydrogen-bond donors (Lipinski definition) is 0. The molecule has 0 aliphatic carbocycles. The normalized spacial score (nSPS) is 11.0. The molecule has 2 heterocycles. The Balaban J connectivity index is 2.17. The Labute approximate surface area is 138 Å². The molecule has 5 heteroatoms. The fraction of sp³-hybridized carbons (Fsp3) is 0.222. The number of ketones is 1. The number of pyridine rings is 1. The average Bonchev–Trinajstić information content (AvgIpc) is 3.07. The predicted octanol–water partition coefficient (Wildman–Crippen LogP) is 4.32. The minimum absolute atomic E-state index is 0.00877. The monoisotopic (exact) mass is 327 g/mol. The number of nitrogens with zero attached hydrogens (tertiary/aromatic N) is 1. The number of carbonyl (C=O) groups is 1. The van der Waals surface area contributed by atoms with Crippen molar-refractivity contribution in [2.24, 2.45) is 0 Å². The van der Waals surface area contributed by atoms with Gasteiger partial charge in [0.1, 0.15) is 5.69 Å². The fourth-order valence-corrected chi connectivity index (χ4v) is 3.06. The van der Waals surface area contributed by atoms with Crippen molar-refractivity contribution in [1.29, 1.82) is 0 Å². The van der Waals surface area contributed by atoms with Crippen molar-refractivity contribution in [3.63, 3.8) is 0 Å². The van der Waals surface area contributed by atoms with Gasteiger partial charge in [0.05, 0.1) is 18.1 Å². The lowest BCUT2D eigenvalue weighted by atomic mass is 10.1. The Morgan fingerprint density at radius 3 is 2.70 bits per heavy atom. The molecule has 0 saturated heterocycles. The maximum Gasteiger partial charge on any atom is 0.221 e. The molecule has 0 aliphatic rings. The van der Waals surface area contributed by atoms with E-state index in [4.69, 9.17) is 9.47 Å². The van der Waals surface area contributed by atoms with Crippen LogP contribution in [-0.2, 0) is 0 Å². The first kappa shape index (κ1) is 15.5. The zero-order valence-electron chi connectivity index (χ0n) is 13.2. The summed E-state index contributed by atoms with van der Waals surface area (Å²) >= 11 is 1.41. The fourth-order valence-electron chi connectivity index (χ4n) is 2.39. The number of fused-ring (bicyclic) bond motifs is 1. The third-order valence-corrected chi connectivity index (χ3v) is 4.24. The van der Waals surface area contributed by atoms with E-state index in [0.717, 1.165) is 10.8 Å². The highest BCUT2D eigenvalue weighted by Crippen LogP contribution is 2.34. The third-order valence-electron chi connectivity index (χ3n) is 3.37. The van der Waals surface area contributed by atoms with E-state index in [9.17, 15) is 4.79 Å². The molecule has 0 saturated carbocycles. The van der Waals surface area contributed by atoms with Crippen LogP contribution in [0.5, 0.6) is 11.5 Å². The molecule has 23 heavy (non-hydrogen) atoms. The Bertz CT molecular complexity index is 841. The van der Waals surface area contributed by atoms with Gasteiger partial charge in [-0.05, 0) is 48.9 Å². The van der Waals surface area contributed by atoms with Gasteiger partial charge < -0.3 is 9.47 Å². The molecule has 3 aromatic rings. The first-order valence-corrected chi connectivity index (χ1v) is 8.19. The van der Waals surface area contributed by atoms with E-state index >= 15 is 0 Å². The van der Waals surface area contributed by atoms with Crippen LogP contribution in [0.15, 0.2) is 41.9 Å². The Morgan fingerprint density at radius 2 is 2.04 bits per heavy atom. The average molecular weight is 327 g/mol. The van der Waals surface area contributed by atoms with Crippen LogP contribution in [0.2, 0.25) is 0 Å². The van der Waals surface area contributed by atoms with Gasteiger partial charge in [0.2, 0.25) is 5.78 Å². The Hall–Kier alpha value is -2.40. The molecule has 4 nitrogen and oxygen atoms in total. The van der Waals surface area contributed by atoms with Crippen LogP contribution in [0.25, 0.3) is 10.8 Å². The van der Waals surface area contributed by atoms with E-state index in [1.165, 1.54) is 11.3 Å². The van der Waals surface area contributed by atoms with Crippen LogP contribution in [-0.4, -0.2) is 24.0 Å². The second-order valence-corrected chi connectivity index (χ2v) is 6.30. The molecule has 0 aliphatic heterocycles. The lowest BCUT2D eigenvalue weighted by Crippen LogP contribution is -2.08. The third kappa shape index (κ3) is 3.05. The summed E-state index contributed by atoms with van der Waals surface area (Å²) in [5.41, 5.74) is 0.432. The highest BCUT2D eigenvalue weighted by Gasteiger charge is 2.17. The van der Waals surface area contributed by atoms with Gasteiger partial charge in [-0.1, -0.05) is 6.07 Å². The van der Waals surface area contributed by atoms with Crippen LogP contribution < -0.4 is 9.47 Å². The predicted molar refractivity (Wildman–Crippen MR) is 91.8 cm³/mol. The van der Waals surface area contributed by atoms with Crippen LogP contribution >= 0.6 is 11.3 Å². The molecule has 1 aromatic carbocycles. The van der Waals surface area contributed by atoms with Crippen molar-refractivity contribution in [2.45, 2.75) is 20.0 Å². The second-order valence-electron chi connectivity index (χ2n) is 5.36. The molecule has 0 radical (unpaired) electrons. The maximum absolute atomic E-state index is 12.7. The van der Waals surface area contributed by atoms with Crippen LogP contribution in [0, 0.1) is 0 Å². The summed E-state index contributed by atoms with van der Waals surface area (Å²) in [6.45, 7) is 3.90. The van der Waals surface area contributed by atoms with E-state index in [-0.39, 0.29) is 11.9 Å². The molecule has 3 rings (SSSR count). The first-order valence-electron chi connectivity index (χ1n) is 7.31. The zero-order valence-corrected chi connectivity index (χ0v) is 14.0. The summed E-state index contributed by atoms with van der Waals surface area (Å²) in [6.07, 6.45) is 1.65. The van der Waals surface area contributed by atoms with E-state index < -0.39 is 0 Å². The number of carbonyl (C=O) groups excluding carboxylic acids is 1. The Morgan fingerprint density at radius 1 is 1.22 bits per heavy atom. The molecule has 0 N–H and O–H groups in total.